The molecule has 1 atom stereocenters. The lowest BCUT2D eigenvalue weighted by Crippen LogP contribution is -2.21. The first-order valence-electron chi connectivity index (χ1n) is 3.74. The van der Waals surface area contributed by atoms with Crippen LogP contribution in [0.15, 0.2) is 18.2 Å². The summed E-state index contributed by atoms with van der Waals surface area (Å²) >= 11 is 15.4. The van der Waals surface area contributed by atoms with E-state index in [1.807, 2.05) is 0 Å². The summed E-state index contributed by atoms with van der Waals surface area (Å²) in [6.45, 7) is 0. The molecule has 0 saturated heterocycles. The maximum atomic E-state index is 10.8. The van der Waals surface area contributed by atoms with Crippen LogP contribution in [0.1, 0.15) is 5.56 Å². The predicted octanol–water partition coefficient (Wildman–Crippen LogP) is 3.86. The Morgan fingerprint density at radius 1 is 1.40 bits per heavy atom. The highest BCUT2D eigenvalue weighted by molar-refractivity contribution is 9.27. The molecule has 0 heterocycles. The fraction of sp³-hybridized carbons (Fsp3) is 0.250. The smallest absolute Gasteiger partial charge is 0.145 e. The van der Waals surface area contributed by atoms with Gasteiger partial charge in [0.15, 0.2) is 0 Å². The second-order valence-corrected chi connectivity index (χ2v) is 9.62. The van der Waals surface area contributed by atoms with Crippen LogP contribution in [0.4, 0.5) is 0 Å². The third kappa shape index (κ3) is 3.98. The molecule has 0 aliphatic rings. The van der Waals surface area contributed by atoms with Crippen LogP contribution in [0.25, 0.3) is 0 Å². The fourth-order valence-electron chi connectivity index (χ4n) is 0.946. The number of rotatable bonds is 3. The van der Waals surface area contributed by atoms with E-state index >= 15 is 0 Å². The summed E-state index contributed by atoms with van der Waals surface area (Å²) in [7, 11) is 0. The van der Waals surface area contributed by atoms with Crippen molar-refractivity contribution in [2.24, 2.45) is 0 Å². The summed E-state index contributed by atoms with van der Waals surface area (Å²) in [4.78, 5) is 0. The lowest BCUT2D eigenvalue weighted by atomic mass is 10.2. The predicted molar refractivity (Wildman–Crippen MR) is 69.7 cm³/mol. The lowest BCUT2D eigenvalue weighted by Gasteiger charge is -2.23. The van der Waals surface area contributed by atoms with Crippen LogP contribution in [0.2, 0.25) is 10.0 Å². The Labute approximate surface area is 117 Å². The van der Waals surface area contributed by atoms with Gasteiger partial charge in [0.05, 0.1) is 0 Å². The number of benzene rings is 1. The van der Waals surface area contributed by atoms with Crippen molar-refractivity contribution in [3.8, 4) is 0 Å². The summed E-state index contributed by atoms with van der Waals surface area (Å²) in [5, 5.41) is 0.956. The standard InChI is InChI=1S/C8H6Br2Cl2O2S/c9-8(10,15(13)14)4-5-1-2-6(11)3-7(5)12/h1-3H,4H2,(H,13,14)/p-1. The van der Waals surface area contributed by atoms with Crippen LogP contribution in [0, 0.1) is 0 Å². The summed E-state index contributed by atoms with van der Waals surface area (Å²) in [5.41, 5.74) is 0.694. The molecule has 0 N–H and O–H groups in total. The van der Waals surface area contributed by atoms with Gasteiger partial charge in [-0.1, -0.05) is 61.1 Å². The van der Waals surface area contributed by atoms with Gasteiger partial charge in [0.25, 0.3) is 0 Å². The number of alkyl halides is 2. The molecular formula is C8H5Br2Cl2O2S-. The maximum absolute atomic E-state index is 10.8. The van der Waals surface area contributed by atoms with Crippen molar-refractivity contribution < 1.29 is 8.76 Å². The van der Waals surface area contributed by atoms with E-state index in [-0.39, 0.29) is 6.42 Å². The Morgan fingerprint density at radius 3 is 2.47 bits per heavy atom. The Morgan fingerprint density at radius 2 is 2.00 bits per heavy atom. The molecule has 0 aromatic heterocycles. The largest absolute Gasteiger partial charge is 0.771 e. The zero-order valence-electron chi connectivity index (χ0n) is 7.18. The van der Waals surface area contributed by atoms with Gasteiger partial charge in [-0.15, -0.1) is 0 Å². The molecule has 0 aliphatic heterocycles. The van der Waals surface area contributed by atoms with Crippen molar-refractivity contribution in [2.75, 3.05) is 0 Å². The Hall–Kier alpha value is 0.870. The molecule has 0 amide bonds. The van der Waals surface area contributed by atoms with Crippen molar-refractivity contribution in [1.82, 2.24) is 0 Å². The van der Waals surface area contributed by atoms with Gasteiger partial charge in [-0.05, 0) is 28.8 Å². The molecule has 1 unspecified atom stereocenters. The summed E-state index contributed by atoms with van der Waals surface area (Å²) in [6.07, 6.45) is 0.207. The first-order valence-corrected chi connectivity index (χ1v) is 7.16. The molecule has 1 aromatic rings. The van der Waals surface area contributed by atoms with Gasteiger partial charge in [-0.3, -0.25) is 4.21 Å². The second-order valence-electron chi connectivity index (χ2n) is 2.78. The van der Waals surface area contributed by atoms with Crippen molar-refractivity contribution in [1.29, 1.82) is 0 Å². The molecule has 0 bridgehead atoms. The maximum Gasteiger partial charge on any atom is 0.145 e. The van der Waals surface area contributed by atoms with E-state index in [1.165, 1.54) is 0 Å². The van der Waals surface area contributed by atoms with Gasteiger partial charge in [-0.2, -0.15) is 0 Å². The minimum Gasteiger partial charge on any atom is -0.771 e. The van der Waals surface area contributed by atoms with Crippen LogP contribution in [-0.4, -0.2) is 11.3 Å². The third-order valence-electron chi connectivity index (χ3n) is 1.66. The minimum atomic E-state index is -2.30. The Balaban J connectivity index is 2.95. The van der Waals surface area contributed by atoms with Crippen LogP contribution in [0.3, 0.4) is 0 Å². The highest BCUT2D eigenvalue weighted by atomic mass is 79.9. The molecular weight excluding hydrogens is 391 g/mol. The first-order chi connectivity index (χ1) is 6.83. The molecule has 1 rings (SSSR count). The van der Waals surface area contributed by atoms with Crippen molar-refractivity contribution in [3.63, 3.8) is 0 Å². The molecule has 2 nitrogen and oxygen atoms in total. The minimum absolute atomic E-state index is 0.207. The second kappa shape index (κ2) is 5.47. The van der Waals surface area contributed by atoms with Crippen LogP contribution in [-0.2, 0) is 17.5 Å². The monoisotopic (exact) mass is 393 g/mol. The van der Waals surface area contributed by atoms with Gasteiger partial charge >= 0.3 is 0 Å². The Bertz CT molecular complexity index is 398. The van der Waals surface area contributed by atoms with Crippen molar-refractivity contribution >= 4 is 66.1 Å². The van der Waals surface area contributed by atoms with E-state index < -0.39 is 13.6 Å². The van der Waals surface area contributed by atoms with E-state index in [0.29, 0.717) is 15.6 Å². The Kier molecular flexibility index (Phi) is 5.08. The van der Waals surface area contributed by atoms with E-state index in [1.54, 1.807) is 18.2 Å². The quantitative estimate of drug-likeness (QED) is 0.576. The zero-order valence-corrected chi connectivity index (χ0v) is 12.7. The first kappa shape index (κ1) is 13.9. The van der Waals surface area contributed by atoms with Gasteiger partial charge in [0.2, 0.25) is 0 Å². The average molecular weight is 396 g/mol. The van der Waals surface area contributed by atoms with Gasteiger partial charge in [0, 0.05) is 16.5 Å². The van der Waals surface area contributed by atoms with Gasteiger partial charge < -0.3 is 4.55 Å². The SMILES string of the molecule is O=S([O-])C(Br)(Br)Cc1ccc(Cl)cc1Cl. The molecule has 15 heavy (non-hydrogen) atoms. The topological polar surface area (TPSA) is 40.1 Å². The number of halogens is 4. The van der Waals surface area contributed by atoms with E-state index in [0.717, 1.165) is 0 Å². The molecule has 0 spiro atoms. The molecule has 0 saturated carbocycles. The summed E-state index contributed by atoms with van der Waals surface area (Å²) in [5.74, 6) is 0. The van der Waals surface area contributed by atoms with E-state index in [4.69, 9.17) is 23.2 Å². The summed E-state index contributed by atoms with van der Waals surface area (Å²) in [6, 6.07) is 4.92. The molecule has 0 radical (unpaired) electrons. The molecule has 0 aliphatic carbocycles. The lowest BCUT2D eigenvalue weighted by molar-refractivity contribution is 0.532. The molecule has 1 aromatic carbocycles. The van der Waals surface area contributed by atoms with Crippen LogP contribution in [0.5, 0.6) is 0 Å². The highest BCUT2D eigenvalue weighted by Crippen LogP contribution is 2.35. The van der Waals surface area contributed by atoms with Crippen LogP contribution >= 0.6 is 55.1 Å². The zero-order chi connectivity index (χ0) is 11.6. The molecule has 7 heteroatoms. The van der Waals surface area contributed by atoms with Crippen LogP contribution < -0.4 is 0 Å². The van der Waals surface area contributed by atoms with Gasteiger partial charge in [0.1, 0.15) is 2.57 Å². The van der Waals surface area contributed by atoms with Gasteiger partial charge in [-0.25, -0.2) is 0 Å². The number of hydrogen-bond acceptors (Lipinski definition) is 2. The number of hydrogen-bond donors (Lipinski definition) is 0. The van der Waals surface area contributed by atoms with E-state index in [9.17, 15) is 8.76 Å². The normalized spacial score (nSPS) is 13.9. The summed E-state index contributed by atoms with van der Waals surface area (Å²) < 4.78 is 20.5. The average Bonchev–Trinajstić information content (AvgIpc) is 2.09. The fourth-order valence-corrected chi connectivity index (χ4v) is 2.30. The molecule has 0 fully saturated rings. The third-order valence-corrected chi connectivity index (χ3v) is 5.02. The van der Waals surface area contributed by atoms with Crippen molar-refractivity contribution in [2.45, 2.75) is 8.99 Å². The highest BCUT2D eigenvalue weighted by Gasteiger charge is 2.25. The van der Waals surface area contributed by atoms with Crippen molar-refractivity contribution in [3.05, 3.63) is 33.8 Å². The van der Waals surface area contributed by atoms with E-state index in [2.05, 4.69) is 31.9 Å². The molecule has 84 valence electrons.